The highest BCUT2D eigenvalue weighted by molar-refractivity contribution is 5.32. The zero-order chi connectivity index (χ0) is 11.4. The Morgan fingerprint density at radius 3 is 2.60 bits per heavy atom. The Kier molecular flexibility index (Phi) is 4.09. The number of benzene rings is 1. The van der Waals surface area contributed by atoms with Gasteiger partial charge in [0.2, 0.25) is 0 Å². The lowest BCUT2D eigenvalue weighted by Gasteiger charge is -2.22. The van der Waals surface area contributed by atoms with Crippen molar-refractivity contribution in [1.82, 2.24) is 5.32 Å². The van der Waals surface area contributed by atoms with Gasteiger partial charge >= 0.3 is 0 Å². The fraction of sp³-hybridized carbons (Fsp3) is 0.500. The van der Waals surface area contributed by atoms with Crippen LogP contribution in [0.5, 0.6) is 5.75 Å². The normalized spacial score (nSPS) is 14.7. The van der Waals surface area contributed by atoms with Crippen LogP contribution in [0.1, 0.15) is 19.4 Å². The van der Waals surface area contributed by atoms with E-state index in [4.69, 9.17) is 4.74 Å². The van der Waals surface area contributed by atoms with Gasteiger partial charge < -0.3 is 10.1 Å². The average Bonchev–Trinajstić information content (AvgIpc) is 2.22. The molecule has 2 nitrogen and oxygen atoms in total. The molecule has 0 amide bonds. The molecular formula is C12H18FNO. The van der Waals surface area contributed by atoms with Crippen LogP contribution in [0.25, 0.3) is 0 Å². The Morgan fingerprint density at radius 1 is 1.33 bits per heavy atom. The number of nitrogens with one attached hydrogen (secondary N) is 1. The van der Waals surface area contributed by atoms with E-state index >= 15 is 0 Å². The van der Waals surface area contributed by atoms with Gasteiger partial charge in [-0.25, -0.2) is 4.39 Å². The summed E-state index contributed by atoms with van der Waals surface area (Å²) in [5.41, 5.74) is 0.951. The van der Waals surface area contributed by atoms with E-state index in [1.807, 2.05) is 27.8 Å². The van der Waals surface area contributed by atoms with E-state index < -0.39 is 0 Å². The molecule has 15 heavy (non-hydrogen) atoms. The summed E-state index contributed by atoms with van der Waals surface area (Å²) in [6, 6.07) is 4.82. The number of hydrogen-bond acceptors (Lipinski definition) is 2. The zero-order valence-electron chi connectivity index (χ0n) is 9.67. The first-order valence-electron chi connectivity index (χ1n) is 5.14. The first-order chi connectivity index (χ1) is 7.04. The number of ether oxygens (including phenoxy) is 1. The Morgan fingerprint density at radius 2 is 2.00 bits per heavy atom. The maximum atomic E-state index is 13.0. The van der Waals surface area contributed by atoms with Gasteiger partial charge in [-0.3, -0.25) is 0 Å². The summed E-state index contributed by atoms with van der Waals surface area (Å²) in [5, 5.41) is 3.10. The van der Waals surface area contributed by atoms with Gasteiger partial charge in [0, 0.05) is 12.1 Å². The predicted octanol–water partition coefficient (Wildman–Crippen LogP) is 2.51. The summed E-state index contributed by atoms with van der Waals surface area (Å²) in [6.45, 7) is 5.90. The lowest BCUT2D eigenvalue weighted by atomic mass is 10.2. The molecule has 0 heterocycles. The highest BCUT2D eigenvalue weighted by Crippen LogP contribution is 2.20. The maximum absolute atomic E-state index is 13.0. The van der Waals surface area contributed by atoms with Crippen LogP contribution in [-0.2, 0) is 0 Å². The molecule has 2 atom stereocenters. The second kappa shape index (κ2) is 5.12. The van der Waals surface area contributed by atoms with Gasteiger partial charge in [-0.05, 0) is 39.4 Å². The van der Waals surface area contributed by atoms with Crippen molar-refractivity contribution in [2.75, 3.05) is 7.05 Å². The molecule has 0 aromatic heterocycles. The van der Waals surface area contributed by atoms with Crippen LogP contribution in [0.4, 0.5) is 4.39 Å². The van der Waals surface area contributed by atoms with E-state index in [0.717, 1.165) is 5.56 Å². The van der Waals surface area contributed by atoms with Crippen molar-refractivity contribution in [1.29, 1.82) is 0 Å². The van der Waals surface area contributed by atoms with Crippen LogP contribution in [0.15, 0.2) is 18.2 Å². The monoisotopic (exact) mass is 211 g/mol. The van der Waals surface area contributed by atoms with Crippen molar-refractivity contribution in [2.45, 2.75) is 32.9 Å². The van der Waals surface area contributed by atoms with E-state index in [1.165, 1.54) is 12.1 Å². The fourth-order valence-corrected chi connectivity index (χ4v) is 1.24. The topological polar surface area (TPSA) is 21.3 Å². The van der Waals surface area contributed by atoms with Crippen LogP contribution in [0, 0.1) is 12.7 Å². The molecule has 1 aromatic carbocycles. The van der Waals surface area contributed by atoms with E-state index in [1.54, 1.807) is 6.07 Å². The fourth-order valence-electron chi connectivity index (χ4n) is 1.24. The Bertz CT molecular complexity index is 327. The third-order valence-electron chi connectivity index (χ3n) is 2.62. The number of hydrogen-bond donors (Lipinski definition) is 1. The molecule has 0 fully saturated rings. The van der Waals surface area contributed by atoms with Crippen molar-refractivity contribution in [3.8, 4) is 5.75 Å². The van der Waals surface area contributed by atoms with Gasteiger partial charge in [0.05, 0.1) is 0 Å². The Balaban J connectivity index is 2.75. The summed E-state index contributed by atoms with van der Waals surface area (Å²) in [6.07, 6.45) is 0.00972. The molecule has 0 radical (unpaired) electrons. The third kappa shape index (κ3) is 3.20. The zero-order valence-corrected chi connectivity index (χ0v) is 9.67. The molecule has 0 bridgehead atoms. The van der Waals surface area contributed by atoms with Gasteiger partial charge in [-0.15, -0.1) is 0 Å². The van der Waals surface area contributed by atoms with Crippen LogP contribution in [0.2, 0.25) is 0 Å². The number of halogens is 1. The van der Waals surface area contributed by atoms with Crippen LogP contribution in [-0.4, -0.2) is 19.2 Å². The van der Waals surface area contributed by atoms with E-state index in [-0.39, 0.29) is 18.0 Å². The van der Waals surface area contributed by atoms with E-state index in [2.05, 4.69) is 5.32 Å². The van der Waals surface area contributed by atoms with Gasteiger partial charge in [0.25, 0.3) is 0 Å². The molecule has 0 saturated heterocycles. The average molecular weight is 211 g/mol. The number of likely N-dealkylation sites (N-methyl/N-ethyl adjacent to an activating group) is 1. The van der Waals surface area contributed by atoms with Crippen LogP contribution >= 0.6 is 0 Å². The Hall–Kier alpha value is -1.09. The predicted molar refractivity (Wildman–Crippen MR) is 59.7 cm³/mol. The lowest BCUT2D eigenvalue weighted by molar-refractivity contribution is 0.180. The molecule has 3 heteroatoms. The Labute approximate surface area is 90.4 Å². The van der Waals surface area contributed by atoms with Crippen molar-refractivity contribution in [3.05, 3.63) is 29.6 Å². The van der Waals surface area contributed by atoms with Crippen molar-refractivity contribution in [2.24, 2.45) is 0 Å². The molecule has 0 aliphatic heterocycles. The van der Waals surface area contributed by atoms with Gasteiger partial charge in [0.15, 0.2) is 0 Å². The largest absolute Gasteiger partial charge is 0.489 e. The summed E-state index contributed by atoms with van der Waals surface area (Å²) < 4.78 is 18.7. The van der Waals surface area contributed by atoms with Crippen molar-refractivity contribution >= 4 is 0 Å². The molecular weight excluding hydrogens is 193 g/mol. The molecule has 0 saturated carbocycles. The first kappa shape index (κ1) is 12.0. The summed E-state index contributed by atoms with van der Waals surface area (Å²) in [4.78, 5) is 0. The second-order valence-electron chi connectivity index (χ2n) is 3.81. The molecule has 0 aliphatic rings. The molecule has 84 valence electrons. The van der Waals surface area contributed by atoms with Crippen LogP contribution in [0.3, 0.4) is 0 Å². The minimum Gasteiger partial charge on any atom is -0.489 e. The highest BCUT2D eigenvalue weighted by atomic mass is 19.1. The summed E-state index contributed by atoms with van der Waals surface area (Å²) >= 11 is 0. The van der Waals surface area contributed by atoms with Crippen LogP contribution < -0.4 is 10.1 Å². The molecule has 1 aromatic rings. The van der Waals surface area contributed by atoms with Gasteiger partial charge in [0.1, 0.15) is 17.7 Å². The van der Waals surface area contributed by atoms with Gasteiger partial charge in [-0.1, -0.05) is 6.07 Å². The smallest absolute Gasteiger partial charge is 0.126 e. The maximum Gasteiger partial charge on any atom is 0.126 e. The number of aryl methyl sites for hydroxylation is 1. The van der Waals surface area contributed by atoms with Gasteiger partial charge in [-0.2, -0.15) is 0 Å². The molecule has 2 unspecified atom stereocenters. The standard InChI is InChI=1S/C12H18FNO/c1-8-5-6-11(13)7-12(8)15-10(3)9(2)14-4/h5-7,9-10,14H,1-4H3. The summed E-state index contributed by atoms with van der Waals surface area (Å²) in [7, 11) is 1.88. The first-order valence-corrected chi connectivity index (χ1v) is 5.14. The SMILES string of the molecule is CNC(C)C(C)Oc1cc(F)ccc1C. The highest BCUT2D eigenvalue weighted by Gasteiger charge is 2.12. The molecule has 1 N–H and O–H groups in total. The molecule has 0 aliphatic carbocycles. The summed E-state index contributed by atoms with van der Waals surface area (Å²) in [5.74, 6) is 0.351. The molecule has 1 rings (SSSR count). The third-order valence-corrected chi connectivity index (χ3v) is 2.62. The minimum atomic E-state index is -0.264. The van der Waals surface area contributed by atoms with Crippen molar-refractivity contribution < 1.29 is 9.13 Å². The second-order valence-corrected chi connectivity index (χ2v) is 3.81. The van der Waals surface area contributed by atoms with Crippen molar-refractivity contribution in [3.63, 3.8) is 0 Å². The molecule has 0 spiro atoms. The number of rotatable bonds is 4. The van der Waals surface area contributed by atoms with E-state index in [9.17, 15) is 4.39 Å². The lowest BCUT2D eigenvalue weighted by Crippen LogP contribution is -2.36. The van der Waals surface area contributed by atoms with E-state index in [0.29, 0.717) is 5.75 Å². The quantitative estimate of drug-likeness (QED) is 0.826. The minimum absolute atomic E-state index is 0.00972.